The molecule has 0 radical (unpaired) electrons. The number of amides is 1. The number of benzene rings is 1. The molecule has 1 amide bonds. The van der Waals surface area contributed by atoms with Crippen LogP contribution in [0.25, 0.3) is 0 Å². The first-order chi connectivity index (χ1) is 12.6. The zero-order valence-electron chi connectivity index (χ0n) is 15.8. The Hall–Kier alpha value is -2.27. The van der Waals surface area contributed by atoms with Crippen LogP contribution in [0, 0.1) is 6.92 Å². The number of carbonyl (C=O) groups excluding carboxylic acids is 1. The topological polar surface area (TPSA) is 49.3 Å². The van der Waals surface area contributed by atoms with Crippen molar-refractivity contribution < 1.29 is 4.79 Å². The van der Waals surface area contributed by atoms with Crippen molar-refractivity contribution in [1.82, 2.24) is 19.8 Å². The molecule has 26 heavy (non-hydrogen) atoms. The standard InChI is InChI=1S/C21H28N4O/c1-17-5-7-19(8-6-17)14-24-10-3-4-21(9-11-24)25(18(2)26)15-20-12-22-16-23-13-20/h5-8,12-13,16,21H,3-4,9-11,14-15H2,1-2H3. The van der Waals surface area contributed by atoms with Crippen molar-refractivity contribution >= 4 is 5.91 Å². The summed E-state index contributed by atoms with van der Waals surface area (Å²) in [5.41, 5.74) is 3.65. The summed E-state index contributed by atoms with van der Waals surface area (Å²) >= 11 is 0. The normalized spacial score (nSPS) is 18.3. The molecule has 2 aromatic rings. The van der Waals surface area contributed by atoms with Gasteiger partial charge >= 0.3 is 0 Å². The van der Waals surface area contributed by atoms with Crippen molar-refractivity contribution in [2.24, 2.45) is 0 Å². The molecule has 1 aliphatic rings. The Morgan fingerprint density at radius 2 is 1.85 bits per heavy atom. The summed E-state index contributed by atoms with van der Waals surface area (Å²) in [4.78, 5) is 24.9. The monoisotopic (exact) mass is 352 g/mol. The predicted octanol–water partition coefficient (Wildman–Crippen LogP) is 3.19. The Morgan fingerprint density at radius 1 is 1.12 bits per heavy atom. The van der Waals surface area contributed by atoms with Crippen molar-refractivity contribution in [2.75, 3.05) is 13.1 Å². The maximum atomic E-state index is 12.2. The van der Waals surface area contributed by atoms with E-state index in [0.29, 0.717) is 6.54 Å². The molecule has 2 heterocycles. The summed E-state index contributed by atoms with van der Waals surface area (Å²) in [6.45, 7) is 7.48. The van der Waals surface area contributed by atoms with Crippen LogP contribution in [0.15, 0.2) is 43.0 Å². The highest BCUT2D eigenvalue weighted by Crippen LogP contribution is 2.20. The minimum absolute atomic E-state index is 0.130. The summed E-state index contributed by atoms with van der Waals surface area (Å²) in [6, 6.07) is 9.07. The molecule has 1 aromatic carbocycles. The maximum absolute atomic E-state index is 12.2. The van der Waals surface area contributed by atoms with Gasteiger partial charge in [-0.25, -0.2) is 9.97 Å². The summed E-state index contributed by atoms with van der Waals surface area (Å²) in [5.74, 6) is 0.130. The van der Waals surface area contributed by atoms with E-state index in [2.05, 4.69) is 46.1 Å². The Bertz CT molecular complexity index is 702. The third-order valence-electron chi connectivity index (χ3n) is 5.13. The first kappa shape index (κ1) is 18.5. The summed E-state index contributed by atoms with van der Waals surface area (Å²) in [5, 5.41) is 0. The van der Waals surface area contributed by atoms with E-state index in [1.54, 1.807) is 19.3 Å². The van der Waals surface area contributed by atoms with Gasteiger partial charge in [0.05, 0.1) is 0 Å². The predicted molar refractivity (Wildman–Crippen MR) is 102 cm³/mol. The molecule has 1 aliphatic heterocycles. The number of carbonyl (C=O) groups is 1. The van der Waals surface area contributed by atoms with Crippen molar-refractivity contribution in [3.63, 3.8) is 0 Å². The van der Waals surface area contributed by atoms with Crippen LogP contribution in [0.3, 0.4) is 0 Å². The first-order valence-corrected chi connectivity index (χ1v) is 9.41. The Labute approximate surface area is 156 Å². The quantitative estimate of drug-likeness (QED) is 0.829. The Balaban J connectivity index is 1.60. The lowest BCUT2D eigenvalue weighted by Crippen LogP contribution is -2.39. The molecule has 1 atom stereocenters. The SMILES string of the molecule is CC(=O)N(Cc1cncnc1)C1CCCN(Cc2ccc(C)cc2)CC1. The molecule has 3 rings (SSSR count). The molecule has 1 aromatic heterocycles. The average molecular weight is 352 g/mol. The summed E-state index contributed by atoms with van der Waals surface area (Å²) in [7, 11) is 0. The van der Waals surface area contributed by atoms with Gasteiger partial charge in [0.2, 0.25) is 5.91 Å². The van der Waals surface area contributed by atoms with Crippen molar-refractivity contribution in [2.45, 2.75) is 52.2 Å². The third kappa shape index (κ3) is 5.11. The molecule has 1 unspecified atom stereocenters. The lowest BCUT2D eigenvalue weighted by Gasteiger charge is -2.30. The highest BCUT2D eigenvalue weighted by molar-refractivity contribution is 5.73. The molecule has 5 heteroatoms. The van der Waals surface area contributed by atoms with E-state index in [1.807, 2.05) is 4.90 Å². The fraction of sp³-hybridized carbons (Fsp3) is 0.476. The molecule has 0 bridgehead atoms. The van der Waals surface area contributed by atoms with Gasteiger partial charge in [0, 0.05) is 50.6 Å². The number of rotatable bonds is 5. The maximum Gasteiger partial charge on any atom is 0.219 e. The van der Waals surface area contributed by atoms with Crippen LogP contribution in [0.2, 0.25) is 0 Å². The largest absolute Gasteiger partial charge is 0.335 e. The van der Waals surface area contributed by atoms with Gasteiger partial charge in [-0.3, -0.25) is 9.69 Å². The molecule has 0 aliphatic carbocycles. The second-order valence-corrected chi connectivity index (χ2v) is 7.24. The van der Waals surface area contributed by atoms with E-state index in [9.17, 15) is 4.79 Å². The number of hydrogen-bond acceptors (Lipinski definition) is 4. The molecule has 5 nitrogen and oxygen atoms in total. The number of nitrogens with zero attached hydrogens (tertiary/aromatic N) is 4. The molecule has 0 spiro atoms. The minimum atomic E-state index is 0.130. The van der Waals surface area contributed by atoms with Gasteiger partial charge < -0.3 is 4.90 Å². The van der Waals surface area contributed by atoms with Crippen molar-refractivity contribution in [1.29, 1.82) is 0 Å². The van der Waals surface area contributed by atoms with Gasteiger partial charge in [-0.1, -0.05) is 29.8 Å². The highest BCUT2D eigenvalue weighted by atomic mass is 16.2. The first-order valence-electron chi connectivity index (χ1n) is 9.41. The fourth-order valence-electron chi connectivity index (χ4n) is 3.67. The van der Waals surface area contributed by atoms with Gasteiger partial charge in [0.25, 0.3) is 0 Å². The zero-order valence-corrected chi connectivity index (χ0v) is 15.8. The smallest absolute Gasteiger partial charge is 0.219 e. The minimum Gasteiger partial charge on any atom is -0.335 e. The molecule has 0 saturated carbocycles. The van der Waals surface area contributed by atoms with E-state index in [4.69, 9.17) is 0 Å². The molecule has 0 N–H and O–H groups in total. The number of likely N-dealkylation sites (tertiary alicyclic amines) is 1. The highest BCUT2D eigenvalue weighted by Gasteiger charge is 2.24. The van der Waals surface area contributed by atoms with E-state index in [1.165, 1.54) is 17.5 Å². The average Bonchev–Trinajstić information content (AvgIpc) is 2.88. The molecule has 138 valence electrons. The van der Waals surface area contributed by atoms with Crippen LogP contribution in [-0.2, 0) is 17.9 Å². The number of aromatic nitrogens is 2. The van der Waals surface area contributed by atoms with Gasteiger partial charge in [-0.15, -0.1) is 0 Å². The van der Waals surface area contributed by atoms with Gasteiger partial charge in [0.1, 0.15) is 6.33 Å². The second kappa shape index (κ2) is 8.90. The molecular weight excluding hydrogens is 324 g/mol. The number of aryl methyl sites for hydroxylation is 1. The molecule has 1 fully saturated rings. The molecule has 1 saturated heterocycles. The number of hydrogen-bond donors (Lipinski definition) is 0. The van der Waals surface area contributed by atoms with Gasteiger partial charge in [-0.2, -0.15) is 0 Å². The Kier molecular flexibility index (Phi) is 6.34. The lowest BCUT2D eigenvalue weighted by atomic mass is 10.1. The zero-order chi connectivity index (χ0) is 18.4. The van der Waals surface area contributed by atoms with Crippen LogP contribution in [-0.4, -0.2) is 44.8 Å². The lowest BCUT2D eigenvalue weighted by molar-refractivity contribution is -0.132. The van der Waals surface area contributed by atoms with E-state index >= 15 is 0 Å². The van der Waals surface area contributed by atoms with Crippen LogP contribution in [0.4, 0.5) is 0 Å². The van der Waals surface area contributed by atoms with Gasteiger partial charge in [-0.05, 0) is 38.3 Å². The van der Waals surface area contributed by atoms with Crippen molar-refractivity contribution in [3.8, 4) is 0 Å². The Morgan fingerprint density at radius 3 is 2.54 bits per heavy atom. The second-order valence-electron chi connectivity index (χ2n) is 7.24. The van der Waals surface area contributed by atoms with E-state index < -0.39 is 0 Å². The van der Waals surface area contributed by atoms with Crippen molar-refractivity contribution in [3.05, 3.63) is 59.7 Å². The summed E-state index contributed by atoms with van der Waals surface area (Å²) in [6.07, 6.45) is 8.30. The van der Waals surface area contributed by atoms with Crippen LogP contribution < -0.4 is 0 Å². The van der Waals surface area contributed by atoms with E-state index in [0.717, 1.165) is 44.5 Å². The van der Waals surface area contributed by atoms with Crippen LogP contribution in [0.5, 0.6) is 0 Å². The van der Waals surface area contributed by atoms with Crippen LogP contribution in [0.1, 0.15) is 42.9 Å². The fourth-order valence-corrected chi connectivity index (χ4v) is 3.67. The summed E-state index contributed by atoms with van der Waals surface area (Å²) < 4.78 is 0. The third-order valence-corrected chi connectivity index (χ3v) is 5.13. The van der Waals surface area contributed by atoms with Gasteiger partial charge in [0.15, 0.2) is 0 Å². The van der Waals surface area contributed by atoms with E-state index in [-0.39, 0.29) is 11.9 Å². The van der Waals surface area contributed by atoms with Crippen LogP contribution >= 0.6 is 0 Å². The molecular formula is C21H28N4O.